The van der Waals surface area contributed by atoms with Crippen LogP contribution in [0, 0.1) is 5.92 Å². The van der Waals surface area contributed by atoms with E-state index in [1.807, 2.05) is 16.0 Å². The summed E-state index contributed by atoms with van der Waals surface area (Å²) in [6.45, 7) is 2.74. The van der Waals surface area contributed by atoms with Crippen molar-refractivity contribution in [3.05, 3.63) is 59.9 Å². The van der Waals surface area contributed by atoms with E-state index in [4.69, 9.17) is 0 Å². The van der Waals surface area contributed by atoms with Gasteiger partial charge in [-0.05, 0) is 60.5 Å². The first-order valence-corrected chi connectivity index (χ1v) is 11.7. The maximum absolute atomic E-state index is 13.1. The van der Waals surface area contributed by atoms with Crippen molar-refractivity contribution in [3.63, 3.8) is 0 Å². The molecule has 0 radical (unpaired) electrons. The number of hydrogen-bond donors (Lipinski definition) is 2. The van der Waals surface area contributed by atoms with Crippen molar-refractivity contribution in [2.75, 3.05) is 31.1 Å². The minimum absolute atomic E-state index is 0.00267. The first-order chi connectivity index (χ1) is 16.4. The maximum atomic E-state index is 13.1. The van der Waals surface area contributed by atoms with Gasteiger partial charge in [0.05, 0.1) is 5.56 Å². The van der Waals surface area contributed by atoms with Crippen LogP contribution in [0.3, 0.4) is 0 Å². The summed E-state index contributed by atoms with van der Waals surface area (Å²) in [6, 6.07) is 10.8. The molecule has 3 heterocycles. The molecule has 2 unspecified atom stereocenters. The highest BCUT2D eigenvalue weighted by Gasteiger charge is 2.35. The lowest BCUT2D eigenvalue weighted by Crippen LogP contribution is -2.50. The number of rotatable bonds is 5. The average Bonchev–Trinajstić information content (AvgIpc) is 3.51. The van der Waals surface area contributed by atoms with E-state index in [0.29, 0.717) is 38.0 Å². The standard InChI is InChI=1S/C25H28F3N5O/c26-25(27,28)20-6-8-30-23(15-20)32-9-11-33(12-10-32)24(34)19-2-3-21(14-19)31-16-17-1-4-22-18(13-17)5-7-29-22/h1,4-8,13,15,19,21,29,31H,2-3,9-12,14,16H2. The molecule has 34 heavy (non-hydrogen) atoms. The summed E-state index contributed by atoms with van der Waals surface area (Å²) in [6.07, 6.45) is 1.39. The normalized spacial score (nSPS) is 21.4. The third-order valence-electron chi connectivity index (χ3n) is 6.98. The van der Waals surface area contributed by atoms with Gasteiger partial charge < -0.3 is 20.1 Å². The minimum Gasteiger partial charge on any atom is -0.361 e. The Morgan fingerprint density at radius 3 is 2.71 bits per heavy atom. The number of amides is 1. The Bertz CT molecular complexity index is 1150. The Kier molecular flexibility index (Phi) is 6.20. The summed E-state index contributed by atoms with van der Waals surface area (Å²) in [5.74, 6) is 0.475. The summed E-state index contributed by atoms with van der Waals surface area (Å²) < 4.78 is 39.0. The van der Waals surface area contributed by atoms with Crippen molar-refractivity contribution in [1.82, 2.24) is 20.2 Å². The molecule has 2 fully saturated rings. The number of halogens is 3. The Balaban J connectivity index is 1.11. The van der Waals surface area contributed by atoms with Gasteiger partial charge in [0.15, 0.2) is 0 Å². The molecule has 0 spiro atoms. The molecule has 0 bridgehead atoms. The van der Waals surface area contributed by atoms with E-state index in [1.165, 1.54) is 17.1 Å². The van der Waals surface area contributed by atoms with Gasteiger partial charge in [-0.2, -0.15) is 13.2 Å². The van der Waals surface area contributed by atoms with Crippen molar-refractivity contribution >= 4 is 22.6 Å². The second-order valence-electron chi connectivity index (χ2n) is 9.20. The van der Waals surface area contributed by atoms with Gasteiger partial charge in [0, 0.05) is 62.6 Å². The van der Waals surface area contributed by atoms with E-state index in [0.717, 1.165) is 43.5 Å². The van der Waals surface area contributed by atoms with E-state index in [-0.39, 0.29) is 11.8 Å². The number of nitrogens with zero attached hydrogens (tertiary/aromatic N) is 3. The van der Waals surface area contributed by atoms with Crippen LogP contribution >= 0.6 is 0 Å². The number of carbonyl (C=O) groups excluding carboxylic acids is 1. The van der Waals surface area contributed by atoms with Gasteiger partial charge in [-0.1, -0.05) is 6.07 Å². The smallest absolute Gasteiger partial charge is 0.361 e. The highest BCUT2D eigenvalue weighted by Crippen LogP contribution is 2.31. The van der Waals surface area contributed by atoms with Crippen LogP contribution in [0.5, 0.6) is 0 Å². The number of pyridine rings is 1. The third-order valence-corrected chi connectivity index (χ3v) is 6.98. The van der Waals surface area contributed by atoms with Crippen molar-refractivity contribution in [3.8, 4) is 0 Å². The molecule has 2 N–H and O–H groups in total. The van der Waals surface area contributed by atoms with Gasteiger partial charge in [0.25, 0.3) is 0 Å². The van der Waals surface area contributed by atoms with Crippen LogP contribution < -0.4 is 10.2 Å². The number of H-pyrrole nitrogens is 1. The monoisotopic (exact) mass is 471 g/mol. The summed E-state index contributed by atoms with van der Waals surface area (Å²) >= 11 is 0. The predicted molar refractivity (Wildman–Crippen MR) is 124 cm³/mol. The number of anilines is 1. The fourth-order valence-corrected chi connectivity index (χ4v) is 5.05. The second-order valence-corrected chi connectivity index (χ2v) is 9.20. The molecule has 2 aromatic heterocycles. The molecule has 2 atom stereocenters. The number of fused-ring (bicyclic) bond motifs is 1. The third kappa shape index (κ3) is 4.89. The maximum Gasteiger partial charge on any atom is 0.416 e. The summed E-state index contributed by atoms with van der Waals surface area (Å²) in [4.78, 5) is 24.1. The number of hydrogen-bond acceptors (Lipinski definition) is 4. The molecule has 1 amide bonds. The van der Waals surface area contributed by atoms with Gasteiger partial charge >= 0.3 is 6.18 Å². The Morgan fingerprint density at radius 1 is 1.09 bits per heavy atom. The Morgan fingerprint density at radius 2 is 1.91 bits per heavy atom. The van der Waals surface area contributed by atoms with Crippen LogP contribution in [0.15, 0.2) is 48.8 Å². The SMILES string of the molecule is O=C(C1CCC(NCc2ccc3[nH]ccc3c2)C1)N1CCN(c2cc(C(F)(F)F)ccn2)CC1. The highest BCUT2D eigenvalue weighted by molar-refractivity contribution is 5.80. The number of carbonyl (C=O) groups is 1. The predicted octanol–water partition coefficient (Wildman–Crippen LogP) is 4.19. The van der Waals surface area contributed by atoms with Crippen LogP contribution in [-0.4, -0.2) is 53.0 Å². The van der Waals surface area contributed by atoms with Crippen molar-refractivity contribution < 1.29 is 18.0 Å². The fraction of sp³-hybridized carbons (Fsp3) is 0.440. The minimum atomic E-state index is -4.39. The van der Waals surface area contributed by atoms with Gasteiger partial charge in [-0.3, -0.25) is 4.79 Å². The molecule has 1 aliphatic carbocycles. The van der Waals surface area contributed by atoms with E-state index in [9.17, 15) is 18.0 Å². The largest absolute Gasteiger partial charge is 0.416 e. The molecule has 1 saturated carbocycles. The molecule has 180 valence electrons. The molecule has 2 aliphatic rings. The lowest BCUT2D eigenvalue weighted by molar-refractivity contribution is -0.137. The average molecular weight is 472 g/mol. The molecule has 9 heteroatoms. The van der Waals surface area contributed by atoms with Crippen molar-refractivity contribution in [1.29, 1.82) is 0 Å². The first-order valence-electron chi connectivity index (χ1n) is 11.7. The molecule has 1 aliphatic heterocycles. The van der Waals surface area contributed by atoms with Crippen LogP contribution in [-0.2, 0) is 17.5 Å². The lowest BCUT2D eigenvalue weighted by Gasteiger charge is -2.36. The van der Waals surface area contributed by atoms with Gasteiger partial charge in [0.1, 0.15) is 5.82 Å². The van der Waals surface area contributed by atoms with Crippen LogP contribution in [0.1, 0.15) is 30.4 Å². The number of benzene rings is 1. The molecular formula is C25H28F3N5O. The lowest BCUT2D eigenvalue weighted by atomic mass is 10.1. The van der Waals surface area contributed by atoms with E-state index >= 15 is 0 Å². The van der Waals surface area contributed by atoms with Gasteiger partial charge in [0.2, 0.25) is 5.91 Å². The van der Waals surface area contributed by atoms with E-state index in [1.54, 1.807) is 0 Å². The zero-order chi connectivity index (χ0) is 23.7. The summed E-state index contributed by atoms with van der Waals surface area (Å²) in [5, 5.41) is 4.79. The quantitative estimate of drug-likeness (QED) is 0.586. The molecule has 1 saturated heterocycles. The van der Waals surface area contributed by atoms with Crippen LogP contribution in [0.4, 0.5) is 19.0 Å². The number of piperazine rings is 1. The first kappa shape index (κ1) is 22.7. The van der Waals surface area contributed by atoms with E-state index < -0.39 is 11.7 Å². The Hall–Kier alpha value is -3.07. The summed E-state index contributed by atoms with van der Waals surface area (Å²) in [5.41, 5.74) is 1.65. The zero-order valence-electron chi connectivity index (χ0n) is 18.8. The van der Waals surface area contributed by atoms with Crippen LogP contribution in [0.2, 0.25) is 0 Å². The van der Waals surface area contributed by atoms with Crippen molar-refractivity contribution in [2.45, 2.75) is 38.0 Å². The van der Waals surface area contributed by atoms with E-state index in [2.05, 4.69) is 39.6 Å². The number of aromatic nitrogens is 2. The van der Waals surface area contributed by atoms with Gasteiger partial charge in [-0.25, -0.2) is 4.98 Å². The van der Waals surface area contributed by atoms with Crippen LogP contribution in [0.25, 0.3) is 10.9 Å². The molecular weight excluding hydrogens is 443 g/mol. The topological polar surface area (TPSA) is 64.3 Å². The number of aromatic amines is 1. The van der Waals surface area contributed by atoms with Crippen molar-refractivity contribution in [2.24, 2.45) is 5.92 Å². The second kappa shape index (κ2) is 9.29. The molecule has 1 aromatic carbocycles. The number of nitrogens with one attached hydrogen (secondary N) is 2. The van der Waals surface area contributed by atoms with Gasteiger partial charge in [-0.15, -0.1) is 0 Å². The zero-order valence-corrected chi connectivity index (χ0v) is 18.8. The fourth-order valence-electron chi connectivity index (χ4n) is 5.05. The highest BCUT2D eigenvalue weighted by atomic mass is 19.4. The molecule has 3 aromatic rings. The molecule has 6 nitrogen and oxygen atoms in total. The Labute approximate surface area is 196 Å². The molecule has 5 rings (SSSR count). The summed E-state index contributed by atoms with van der Waals surface area (Å²) in [7, 11) is 0. The number of alkyl halides is 3.